The molecule has 0 aliphatic heterocycles. The Kier molecular flexibility index (Phi) is 6.75. The van der Waals surface area contributed by atoms with Crippen LogP contribution >= 0.6 is 0 Å². The quantitative estimate of drug-likeness (QED) is 0.667. The molecule has 0 spiro atoms. The van der Waals surface area contributed by atoms with Crippen LogP contribution in [0.4, 0.5) is 0 Å². The monoisotopic (exact) mass is 381 g/mol. The molecule has 0 amide bonds. The topological polar surface area (TPSA) is 71.5 Å². The third-order valence-corrected chi connectivity index (χ3v) is 6.73. The zero-order chi connectivity index (χ0) is 18.3. The van der Waals surface area contributed by atoms with Crippen molar-refractivity contribution < 1.29 is 16.8 Å². The van der Waals surface area contributed by atoms with Crippen LogP contribution in [0.15, 0.2) is 60.7 Å². The molecule has 2 rings (SSSR count). The van der Waals surface area contributed by atoms with Gasteiger partial charge < -0.3 is 0 Å². The first-order valence-corrected chi connectivity index (χ1v) is 11.6. The maximum atomic E-state index is 12.4. The van der Waals surface area contributed by atoms with Crippen LogP contribution in [0.1, 0.15) is 18.1 Å². The second-order valence-corrected chi connectivity index (χ2v) is 10.1. The zero-order valence-electron chi connectivity index (χ0n) is 14.2. The zero-order valence-corrected chi connectivity index (χ0v) is 15.8. The van der Waals surface area contributed by atoms with Crippen molar-refractivity contribution in [2.75, 3.05) is 18.3 Å². The predicted molar refractivity (Wildman–Crippen MR) is 100 cm³/mol. The summed E-state index contributed by atoms with van der Waals surface area (Å²) in [5.41, 5.74) is 1.40. The van der Waals surface area contributed by atoms with Gasteiger partial charge in [-0.3, -0.25) is 4.90 Å². The van der Waals surface area contributed by atoms with Crippen LogP contribution < -0.4 is 0 Å². The lowest BCUT2D eigenvalue weighted by Gasteiger charge is -2.20. The summed E-state index contributed by atoms with van der Waals surface area (Å²) in [6.07, 6.45) is 0. The molecular weight excluding hydrogens is 358 g/mol. The fraction of sp³-hybridized carbons (Fsp3) is 0.333. The SMILES string of the molecule is CCN(CS(=O)(=O)Cc1ccccc1)CS(=O)(=O)Cc1ccccc1. The van der Waals surface area contributed by atoms with Gasteiger partial charge in [-0.25, -0.2) is 16.8 Å². The second-order valence-electron chi connectivity index (χ2n) is 5.99. The molecule has 0 fully saturated rings. The standard InChI is InChI=1S/C18H23NO4S2/c1-2-19(15-24(20,21)13-17-9-5-3-6-10-17)16-25(22,23)14-18-11-7-4-8-12-18/h3-12H,2,13-16H2,1H3. The molecule has 0 atom stereocenters. The van der Waals surface area contributed by atoms with E-state index >= 15 is 0 Å². The minimum absolute atomic E-state index is 0.0942. The Morgan fingerprint density at radius 3 is 1.36 bits per heavy atom. The maximum absolute atomic E-state index is 12.4. The van der Waals surface area contributed by atoms with Gasteiger partial charge in [0.1, 0.15) is 11.8 Å². The third-order valence-electron chi connectivity index (χ3n) is 3.66. The van der Waals surface area contributed by atoms with Crippen LogP contribution in [-0.2, 0) is 31.2 Å². The summed E-state index contributed by atoms with van der Waals surface area (Å²) in [6.45, 7) is 2.11. The van der Waals surface area contributed by atoms with Crippen LogP contribution in [0.25, 0.3) is 0 Å². The Bertz CT molecular complexity index is 790. The average Bonchev–Trinajstić information content (AvgIpc) is 2.54. The molecule has 0 heterocycles. The average molecular weight is 382 g/mol. The van der Waals surface area contributed by atoms with Crippen LogP contribution in [0.5, 0.6) is 0 Å². The van der Waals surface area contributed by atoms with Crippen LogP contribution in [0.3, 0.4) is 0 Å². The van der Waals surface area contributed by atoms with Crippen molar-refractivity contribution in [1.82, 2.24) is 4.90 Å². The highest BCUT2D eigenvalue weighted by molar-refractivity contribution is 7.91. The van der Waals surface area contributed by atoms with Gasteiger partial charge in [0.2, 0.25) is 0 Å². The smallest absolute Gasteiger partial charge is 0.167 e. The normalized spacial score (nSPS) is 12.4. The number of nitrogens with zero attached hydrogens (tertiary/aromatic N) is 1. The molecule has 25 heavy (non-hydrogen) atoms. The lowest BCUT2D eigenvalue weighted by atomic mass is 10.2. The minimum atomic E-state index is -3.43. The molecule has 0 saturated carbocycles. The number of rotatable bonds is 9. The van der Waals surface area contributed by atoms with E-state index in [1.165, 1.54) is 4.90 Å². The summed E-state index contributed by atoms with van der Waals surface area (Å²) < 4.78 is 49.5. The van der Waals surface area contributed by atoms with Gasteiger partial charge in [-0.15, -0.1) is 0 Å². The van der Waals surface area contributed by atoms with Crippen molar-refractivity contribution in [3.05, 3.63) is 71.8 Å². The van der Waals surface area contributed by atoms with Crippen LogP contribution in [0, 0.1) is 0 Å². The molecule has 5 nitrogen and oxygen atoms in total. The lowest BCUT2D eigenvalue weighted by Crippen LogP contribution is -2.35. The van der Waals surface area contributed by atoms with E-state index in [9.17, 15) is 16.8 Å². The molecule has 0 unspecified atom stereocenters. The van der Waals surface area contributed by atoms with Crippen molar-refractivity contribution in [3.63, 3.8) is 0 Å². The molecule has 0 N–H and O–H groups in total. The molecule has 0 aliphatic carbocycles. The molecule has 0 aliphatic rings. The highest BCUT2D eigenvalue weighted by Crippen LogP contribution is 2.11. The summed E-state index contributed by atoms with van der Waals surface area (Å²) in [6, 6.07) is 17.8. The van der Waals surface area contributed by atoms with E-state index in [0.717, 1.165) is 0 Å². The number of benzene rings is 2. The Hall–Kier alpha value is -1.70. The highest BCUT2D eigenvalue weighted by atomic mass is 32.2. The van der Waals surface area contributed by atoms with Gasteiger partial charge >= 0.3 is 0 Å². The van der Waals surface area contributed by atoms with Gasteiger partial charge in [-0.2, -0.15) is 0 Å². The molecule has 0 radical (unpaired) electrons. The van der Waals surface area contributed by atoms with Crippen LogP contribution in [0.2, 0.25) is 0 Å². The van der Waals surface area contributed by atoms with E-state index in [1.54, 1.807) is 55.5 Å². The van der Waals surface area contributed by atoms with Crippen molar-refractivity contribution in [1.29, 1.82) is 0 Å². The fourth-order valence-electron chi connectivity index (χ4n) is 2.52. The van der Waals surface area contributed by atoms with E-state index in [1.807, 2.05) is 12.1 Å². The van der Waals surface area contributed by atoms with Gasteiger partial charge in [0.25, 0.3) is 0 Å². The van der Waals surface area contributed by atoms with Crippen molar-refractivity contribution in [3.8, 4) is 0 Å². The van der Waals surface area contributed by atoms with E-state index in [2.05, 4.69) is 0 Å². The number of hydrogen-bond donors (Lipinski definition) is 0. The number of hydrogen-bond acceptors (Lipinski definition) is 5. The Morgan fingerprint density at radius 2 is 1.04 bits per heavy atom. The number of sulfone groups is 2. The maximum Gasteiger partial charge on any atom is 0.167 e. The van der Waals surface area contributed by atoms with Gasteiger partial charge in [0.15, 0.2) is 19.7 Å². The first kappa shape index (κ1) is 19.6. The molecule has 136 valence electrons. The van der Waals surface area contributed by atoms with Crippen molar-refractivity contribution in [2.24, 2.45) is 0 Å². The largest absolute Gasteiger partial charge is 0.276 e. The van der Waals surface area contributed by atoms with E-state index in [0.29, 0.717) is 17.7 Å². The Labute approximate surface area is 150 Å². The third kappa shape index (κ3) is 6.97. The molecule has 7 heteroatoms. The molecule has 0 saturated heterocycles. The van der Waals surface area contributed by atoms with Gasteiger partial charge in [0, 0.05) is 0 Å². The van der Waals surface area contributed by atoms with Gasteiger partial charge in [-0.05, 0) is 17.7 Å². The lowest BCUT2D eigenvalue weighted by molar-refractivity contribution is 0.375. The summed E-state index contributed by atoms with van der Waals surface area (Å²) in [4.78, 5) is 1.45. The molecule has 0 aromatic heterocycles. The fourth-order valence-corrected chi connectivity index (χ4v) is 5.88. The molecule has 2 aromatic carbocycles. The molecule has 0 bridgehead atoms. The molecule has 2 aromatic rings. The van der Waals surface area contributed by atoms with Gasteiger partial charge in [0.05, 0.1) is 11.5 Å². The van der Waals surface area contributed by atoms with Crippen molar-refractivity contribution >= 4 is 19.7 Å². The molecular formula is C18H23NO4S2. The Balaban J connectivity index is 2.01. The minimum Gasteiger partial charge on any atom is -0.276 e. The predicted octanol–water partition coefficient (Wildman–Crippen LogP) is 2.45. The highest BCUT2D eigenvalue weighted by Gasteiger charge is 2.22. The van der Waals surface area contributed by atoms with Crippen LogP contribution in [-0.4, -0.2) is 40.0 Å². The summed E-state index contributed by atoms with van der Waals surface area (Å²) in [5, 5.41) is 0. The summed E-state index contributed by atoms with van der Waals surface area (Å²) in [5.74, 6) is -0.731. The first-order valence-electron chi connectivity index (χ1n) is 8.01. The first-order chi connectivity index (χ1) is 11.8. The van der Waals surface area contributed by atoms with E-state index in [4.69, 9.17) is 0 Å². The van der Waals surface area contributed by atoms with E-state index < -0.39 is 19.7 Å². The summed E-state index contributed by atoms with van der Waals surface area (Å²) >= 11 is 0. The second kappa shape index (κ2) is 8.60. The van der Waals surface area contributed by atoms with Gasteiger partial charge in [-0.1, -0.05) is 67.6 Å². The summed E-state index contributed by atoms with van der Waals surface area (Å²) in [7, 11) is -6.86. The van der Waals surface area contributed by atoms with E-state index in [-0.39, 0.29) is 23.3 Å². The van der Waals surface area contributed by atoms with Crippen molar-refractivity contribution in [2.45, 2.75) is 18.4 Å². The Morgan fingerprint density at radius 1 is 0.680 bits per heavy atom.